The second kappa shape index (κ2) is 6.57. The molecule has 0 amide bonds. The first-order valence-electron chi connectivity index (χ1n) is 10.9. The lowest BCUT2D eigenvalue weighted by Crippen LogP contribution is -2.28. The van der Waals surface area contributed by atoms with E-state index in [0.717, 1.165) is 77.7 Å². The minimum atomic E-state index is -0.0963. The maximum Gasteiger partial charge on any atom is 0.155 e. The summed E-state index contributed by atoms with van der Waals surface area (Å²) in [6.45, 7) is 6.33. The summed E-state index contributed by atoms with van der Waals surface area (Å²) in [5, 5.41) is 36.0. The van der Waals surface area contributed by atoms with Gasteiger partial charge in [0.15, 0.2) is 11.6 Å². The van der Waals surface area contributed by atoms with Crippen LogP contribution in [-0.2, 0) is 25.7 Å². The van der Waals surface area contributed by atoms with Gasteiger partial charge in [0.05, 0.1) is 11.4 Å². The van der Waals surface area contributed by atoms with Gasteiger partial charge < -0.3 is 21.0 Å². The van der Waals surface area contributed by atoms with E-state index in [1.54, 1.807) is 0 Å². The number of aromatic nitrogens is 4. The Hall–Kier alpha value is -2.38. The van der Waals surface area contributed by atoms with E-state index < -0.39 is 0 Å². The minimum absolute atomic E-state index is 0.0963. The summed E-state index contributed by atoms with van der Waals surface area (Å²) in [6, 6.07) is 0.422. The Balaban J connectivity index is 1.28. The number of anilines is 2. The van der Waals surface area contributed by atoms with E-state index in [-0.39, 0.29) is 5.54 Å². The van der Waals surface area contributed by atoms with Gasteiger partial charge in [-0.3, -0.25) is 0 Å². The van der Waals surface area contributed by atoms with Crippen LogP contribution < -0.4 is 10.6 Å². The van der Waals surface area contributed by atoms with E-state index in [1.807, 2.05) is 0 Å². The van der Waals surface area contributed by atoms with Gasteiger partial charge in [0.1, 0.15) is 0 Å². The number of nitrogens with zero attached hydrogens (tertiary/aromatic N) is 4. The zero-order valence-electron chi connectivity index (χ0n) is 17.6. The molecule has 3 aliphatic rings. The molecule has 3 unspecified atom stereocenters. The third-order valence-corrected chi connectivity index (χ3v) is 6.71. The van der Waals surface area contributed by atoms with Crippen LogP contribution >= 0.6 is 0 Å². The molecule has 158 valence electrons. The average Bonchev–Trinajstić information content (AvgIpc) is 3.28. The van der Waals surface area contributed by atoms with E-state index in [1.165, 1.54) is 17.5 Å². The van der Waals surface area contributed by atoms with Gasteiger partial charge in [0, 0.05) is 22.7 Å². The zero-order chi connectivity index (χ0) is 20.3. The molecule has 0 bridgehead atoms. The molecule has 0 aliphatic heterocycles. The molecule has 3 atom stereocenters. The Labute approximate surface area is 171 Å². The molecule has 2 heterocycles. The van der Waals surface area contributed by atoms with Crippen LogP contribution in [0.25, 0.3) is 0 Å². The molecule has 0 radical (unpaired) electrons. The molecule has 1 fully saturated rings. The molecular formula is C21H32N6O2. The SMILES string of the molecule is CC(C)(C)Nc1nn(O)c2c1CC(C1CC1Nc1nn(O)c3c1CCCC3)CC2. The van der Waals surface area contributed by atoms with Crippen LogP contribution in [-0.4, -0.2) is 41.9 Å². The molecule has 2 aromatic rings. The molecule has 8 nitrogen and oxygen atoms in total. The Morgan fingerprint density at radius 1 is 0.931 bits per heavy atom. The van der Waals surface area contributed by atoms with E-state index in [9.17, 15) is 10.4 Å². The molecule has 8 heteroatoms. The predicted octanol–water partition coefficient (Wildman–Crippen LogP) is 3.25. The van der Waals surface area contributed by atoms with Crippen molar-refractivity contribution in [3.63, 3.8) is 0 Å². The molecule has 2 aromatic heterocycles. The molecule has 5 rings (SSSR count). The largest absolute Gasteiger partial charge is 0.411 e. The standard InChI is InChI=1S/C21H32N6O2/c1-21(2,3)23-20-15-10-12(8-9-18(15)27(29)25-20)14-11-16(14)22-19-13-6-4-5-7-17(13)26(28)24-19/h12,14,16,28-29H,4-11H2,1-3H3,(H,22,24)(H,23,25). The maximum atomic E-state index is 10.2. The Morgan fingerprint density at radius 3 is 2.38 bits per heavy atom. The number of nitrogens with one attached hydrogen (secondary N) is 2. The fourth-order valence-electron chi connectivity index (χ4n) is 5.22. The van der Waals surface area contributed by atoms with Crippen molar-refractivity contribution >= 4 is 11.6 Å². The monoisotopic (exact) mass is 400 g/mol. The molecule has 0 saturated heterocycles. The Kier molecular flexibility index (Phi) is 4.22. The fraction of sp³-hybridized carbons (Fsp3) is 0.714. The summed E-state index contributed by atoms with van der Waals surface area (Å²) in [5.74, 6) is 2.88. The first kappa shape index (κ1) is 18.6. The van der Waals surface area contributed by atoms with E-state index in [0.29, 0.717) is 17.9 Å². The van der Waals surface area contributed by atoms with Gasteiger partial charge >= 0.3 is 0 Å². The lowest BCUT2D eigenvalue weighted by atomic mass is 9.83. The highest BCUT2D eigenvalue weighted by atomic mass is 16.5. The van der Waals surface area contributed by atoms with Crippen LogP contribution in [0, 0.1) is 11.8 Å². The molecular weight excluding hydrogens is 368 g/mol. The minimum Gasteiger partial charge on any atom is -0.411 e. The summed E-state index contributed by atoms with van der Waals surface area (Å²) in [4.78, 5) is 2.16. The molecule has 0 spiro atoms. The summed E-state index contributed by atoms with van der Waals surface area (Å²) in [7, 11) is 0. The number of hydrogen-bond donors (Lipinski definition) is 4. The number of rotatable bonds is 4. The van der Waals surface area contributed by atoms with Crippen molar-refractivity contribution in [2.24, 2.45) is 11.8 Å². The Morgan fingerprint density at radius 2 is 1.62 bits per heavy atom. The van der Waals surface area contributed by atoms with Crippen LogP contribution in [0.2, 0.25) is 0 Å². The zero-order valence-corrected chi connectivity index (χ0v) is 17.6. The van der Waals surface area contributed by atoms with E-state index in [2.05, 4.69) is 41.6 Å². The highest BCUT2D eigenvalue weighted by Gasteiger charge is 2.45. The lowest BCUT2D eigenvalue weighted by Gasteiger charge is -2.25. The van der Waals surface area contributed by atoms with E-state index >= 15 is 0 Å². The van der Waals surface area contributed by atoms with Crippen molar-refractivity contribution in [1.82, 2.24) is 19.9 Å². The summed E-state index contributed by atoms with van der Waals surface area (Å²) in [5.41, 5.74) is 4.20. The highest BCUT2D eigenvalue weighted by molar-refractivity contribution is 5.51. The van der Waals surface area contributed by atoms with Gasteiger partial charge in [-0.25, -0.2) is 0 Å². The second-order valence-corrected chi connectivity index (χ2v) is 10.1. The third kappa shape index (κ3) is 3.42. The summed E-state index contributed by atoms with van der Waals surface area (Å²) >= 11 is 0. The Bertz CT molecular complexity index is 925. The van der Waals surface area contributed by atoms with Crippen molar-refractivity contribution in [2.75, 3.05) is 10.6 Å². The van der Waals surface area contributed by atoms with Crippen molar-refractivity contribution < 1.29 is 10.4 Å². The average molecular weight is 401 g/mol. The lowest BCUT2D eigenvalue weighted by molar-refractivity contribution is 0.137. The summed E-state index contributed by atoms with van der Waals surface area (Å²) < 4.78 is 0. The first-order chi connectivity index (χ1) is 13.8. The topological polar surface area (TPSA) is 100 Å². The van der Waals surface area contributed by atoms with Crippen LogP contribution in [0.4, 0.5) is 11.6 Å². The van der Waals surface area contributed by atoms with Crippen LogP contribution in [0.3, 0.4) is 0 Å². The van der Waals surface area contributed by atoms with Crippen molar-refractivity contribution in [1.29, 1.82) is 0 Å². The van der Waals surface area contributed by atoms with Gasteiger partial charge in [-0.05, 0) is 84.0 Å². The molecule has 1 saturated carbocycles. The second-order valence-electron chi connectivity index (χ2n) is 10.1. The normalized spacial score (nSPS) is 26.0. The van der Waals surface area contributed by atoms with Gasteiger partial charge in [-0.1, -0.05) is 0 Å². The summed E-state index contributed by atoms with van der Waals surface area (Å²) in [6.07, 6.45) is 8.23. The maximum absolute atomic E-state index is 10.2. The highest BCUT2D eigenvalue weighted by Crippen LogP contribution is 2.46. The smallest absolute Gasteiger partial charge is 0.155 e. The van der Waals surface area contributed by atoms with Crippen LogP contribution in [0.15, 0.2) is 0 Å². The van der Waals surface area contributed by atoms with Crippen LogP contribution in [0.1, 0.15) is 69.0 Å². The molecule has 3 aliphatic carbocycles. The number of fused-ring (bicyclic) bond motifs is 2. The number of hydrogen-bond acceptors (Lipinski definition) is 6. The molecule has 4 N–H and O–H groups in total. The van der Waals surface area contributed by atoms with Crippen molar-refractivity contribution in [3.05, 3.63) is 22.5 Å². The van der Waals surface area contributed by atoms with Crippen molar-refractivity contribution in [3.8, 4) is 0 Å². The molecule has 29 heavy (non-hydrogen) atoms. The van der Waals surface area contributed by atoms with Gasteiger partial charge in [0.25, 0.3) is 0 Å². The van der Waals surface area contributed by atoms with Crippen molar-refractivity contribution in [2.45, 2.75) is 83.7 Å². The van der Waals surface area contributed by atoms with Gasteiger partial charge in [-0.2, -0.15) is 0 Å². The quantitative estimate of drug-likeness (QED) is 0.588. The third-order valence-electron chi connectivity index (χ3n) is 6.71. The molecule has 0 aromatic carbocycles. The van der Waals surface area contributed by atoms with Crippen LogP contribution in [0.5, 0.6) is 0 Å². The van der Waals surface area contributed by atoms with Gasteiger partial charge in [-0.15, -0.1) is 19.9 Å². The predicted molar refractivity (Wildman–Crippen MR) is 110 cm³/mol. The van der Waals surface area contributed by atoms with Gasteiger partial charge in [0.2, 0.25) is 0 Å². The van der Waals surface area contributed by atoms with E-state index in [4.69, 9.17) is 0 Å². The fourth-order valence-corrected chi connectivity index (χ4v) is 5.22. The first-order valence-corrected chi connectivity index (χ1v) is 10.9.